The lowest BCUT2D eigenvalue weighted by molar-refractivity contribution is -0.141. The Kier molecular flexibility index (Phi) is 10.5. The van der Waals surface area contributed by atoms with E-state index in [9.17, 15) is 13.2 Å². The summed E-state index contributed by atoms with van der Waals surface area (Å²) < 4.78 is 43.5. The molecule has 2 rings (SSSR count). The van der Waals surface area contributed by atoms with E-state index < -0.39 is 11.9 Å². The molecule has 0 atom stereocenters. The van der Waals surface area contributed by atoms with Gasteiger partial charge in [-0.1, -0.05) is 18.2 Å². The zero-order chi connectivity index (χ0) is 20.4. The Bertz CT molecular complexity index is 788. The van der Waals surface area contributed by atoms with E-state index in [2.05, 4.69) is 30.9 Å². The van der Waals surface area contributed by atoms with Gasteiger partial charge in [0.05, 0.1) is 6.61 Å². The number of nitrogens with zero attached hydrogens (tertiary/aromatic N) is 3. The van der Waals surface area contributed by atoms with Crippen molar-refractivity contribution in [1.29, 1.82) is 0 Å². The van der Waals surface area contributed by atoms with Crippen LogP contribution in [0.5, 0.6) is 5.75 Å². The van der Waals surface area contributed by atoms with Crippen LogP contribution in [-0.2, 0) is 12.7 Å². The number of aliphatic imine (C=N–C) groups is 1. The summed E-state index contributed by atoms with van der Waals surface area (Å²) in [5.41, 5.74) is 0.00573. The lowest BCUT2D eigenvalue weighted by Gasteiger charge is -2.14. The summed E-state index contributed by atoms with van der Waals surface area (Å²) in [6.07, 6.45) is -3.43. The van der Waals surface area contributed by atoms with Crippen LogP contribution in [0, 0.1) is 0 Å². The Hall–Kier alpha value is -2.31. The number of hydrogen-bond donors (Lipinski definition) is 3. The molecule has 0 saturated heterocycles. The minimum Gasteiger partial charge on any atom is -0.494 e. The molecule has 0 radical (unpaired) electrons. The Morgan fingerprint density at radius 3 is 2.59 bits per heavy atom. The normalized spacial score (nSPS) is 11.4. The molecule has 1 heterocycles. The topological polar surface area (TPSA) is 83.5 Å². The number of nitrogens with one attached hydrogen (secondary N) is 3. The molecule has 29 heavy (non-hydrogen) atoms. The molecular weight excluding hydrogens is 500 g/mol. The van der Waals surface area contributed by atoms with E-state index in [0.717, 1.165) is 23.6 Å². The molecule has 2 aromatic rings. The van der Waals surface area contributed by atoms with Crippen molar-refractivity contribution in [2.24, 2.45) is 4.99 Å². The quantitative estimate of drug-likeness (QED) is 0.213. The lowest BCUT2D eigenvalue weighted by Crippen LogP contribution is -2.39. The standard InChI is InChI=1S/C18H23F3N6O.HI/c1-3-28-14-7-5-4-6-13(14)12-26-16(22-2)24-10-11-25-17-23-9-8-15(27-17)18(19,20)21;/h4-9H,3,10-12H2,1-2H3,(H2,22,24,26)(H,23,25,27);1H. The highest BCUT2D eigenvalue weighted by molar-refractivity contribution is 14.0. The van der Waals surface area contributed by atoms with Crippen LogP contribution in [0.15, 0.2) is 41.5 Å². The molecule has 11 heteroatoms. The van der Waals surface area contributed by atoms with Gasteiger partial charge in [0.1, 0.15) is 11.4 Å². The number of benzene rings is 1. The van der Waals surface area contributed by atoms with Crippen LogP contribution in [0.4, 0.5) is 19.1 Å². The Labute approximate surface area is 184 Å². The lowest BCUT2D eigenvalue weighted by atomic mass is 10.2. The van der Waals surface area contributed by atoms with E-state index >= 15 is 0 Å². The van der Waals surface area contributed by atoms with Gasteiger partial charge < -0.3 is 20.7 Å². The van der Waals surface area contributed by atoms with E-state index in [4.69, 9.17) is 4.74 Å². The highest BCUT2D eigenvalue weighted by Gasteiger charge is 2.32. The molecule has 0 saturated carbocycles. The van der Waals surface area contributed by atoms with Gasteiger partial charge in [0.15, 0.2) is 5.96 Å². The largest absolute Gasteiger partial charge is 0.494 e. The van der Waals surface area contributed by atoms with Crippen LogP contribution in [0.1, 0.15) is 18.2 Å². The van der Waals surface area contributed by atoms with Gasteiger partial charge in [0.25, 0.3) is 0 Å². The second-order valence-corrected chi connectivity index (χ2v) is 5.58. The first kappa shape index (κ1) is 24.7. The number of alkyl halides is 3. The van der Waals surface area contributed by atoms with E-state index in [1.807, 2.05) is 31.2 Å². The van der Waals surface area contributed by atoms with E-state index in [1.54, 1.807) is 7.05 Å². The first-order chi connectivity index (χ1) is 13.4. The Morgan fingerprint density at radius 2 is 1.90 bits per heavy atom. The number of rotatable bonds is 8. The van der Waals surface area contributed by atoms with Crippen molar-refractivity contribution in [3.63, 3.8) is 0 Å². The number of para-hydroxylation sites is 1. The van der Waals surface area contributed by atoms with Crippen molar-refractivity contribution in [1.82, 2.24) is 20.6 Å². The van der Waals surface area contributed by atoms with Crippen molar-refractivity contribution in [2.45, 2.75) is 19.6 Å². The number of aromatic nitrogens is 2. The Balaban J connectivity index is 0.00000420. The highest BCUT2D eigenvalue weighted by Crippen LogP contribution is 2.27. The van der Waals surface area contributed by atoms with Crippen LogP contribution in [0.2, 0.25) is 0 Å². The van der Waals surface area contributed by atoms with Crippen molar-refractivity contribution < 1.29 is 17.9 Å². The molecule has 0 unspecified atom stereocenters. The number of anilines is 1. The minimum absolute atomic E-state index is 0. The van der Waals surface area contributed by atoms with Crippen LogP contribution >= 0.6 is 24.0 Å². The Morgan fingerprint density at radius 1 is 1.14 bits per heavy atom. The molecule has 0 aliphatic carbocycles. The molecule has 1 aromatic heterocycles. The average molecular weight is 524 g/mol. The van der Waals surface area contributed by atoms with Crippen LogP contribution in [-0.4, -0.2) is 42.7 Å². The predicted octanol–water partition coefficient (Wildman–Crippen LogP) is 3.29. The fourth-order valence-electron chi connectivity index (χ4n) is 2.30. The third kappa shape index (κ3) is 8.30. The van der Waals surface area contributed by atoms with E-state index in [-0.39, 0.29) is 29.9 Å². The molecule has 3 N–H and O–H groups in total. The van der Waals surface area contributed by atoms with E-state index in [1.165, 1.54) is 0 Å². The molecule has 0 spiro atoms. The van der Waals surface area contributed by atoms with Gasteiger partial charge in [-0.25, -0.2) is 9.97 Å². The van der Waals surface area contributed by atoms with Crippen LogP contribution < -0.4 is 20.7 Å². The summed E-state index contributed by atoms with van der Waals surface area (Å²) in [5, 5.41) is 8.98. The summed E-state index contributed by atoms with van der Waals surface area (Å²) in [5.74, 6) is 1.28. The van der Waals surface area contributed by atoms with Gasteiger partial charge in [-0.2, -0.15) is 13.2 Å². The van der Waals surface area contributed by atoms with Crippen LogP contribution in [0.3, 0.4) is 0 Å². The average Bonchev–Trinajstić information content (AvgIpc) is 2.68. The summed E-state index contributed by atoms with van der Waals surface area (Å²) in [6, 6.07) is 8.51. The first-order valence-electron chi connectivity index (χ1n) is 8.73. The van der Waals surface area contributed by atoms with Gasteiger partial charge in [0.2, 0.25) is 5.95 Å². The van der Waals surface area contributed by atoms with Crippen molar-refractivity contribution in [3.05, 3.63) is 47.8 Å². The zero-order valence-electron chi connectivity index (χ0n) is 16.1. The summed E-state index contributed by atoms with van der Waals surface area (Å²) >= 11 is 0. The maximum atomic E-state index is 12.6. The molecule has 0 aliphatic rings. The highest BCUT2D eigenvalue weighted by atomic mass is 127. The van der Waals surface area contributed by atoms with Gasteiger partial charge in [0, 0.05) is 38.4 Å². The van der Waals surface area contributed by atoms with Gasteiger partial charge >= 0.3 is 6.18 Å². The second kappa shape index (κ2) is 12.3. The molecule has 0 amide bonds. The SMILES string of the molecule is CCOc1ccccc1CNC(=NC)NCCNc1nccc(C(F)(F)F)n1.I. The predicted molar refractivity (Wildman–Crippen MR) is 117 cm³/mol. The fraction of sp³-hybridized carbons (Fsp3) is 0.389. The van der Waals surface area contributed by atoms with Gasteiger partial charge in [-0.15, -0.1) is 24.0 Å². The molecule has 1 aromatic carbocycles. The first-order valence-corrected chi connectivity index (χ1v) is 8.73. The van der Waals surface area contributed by atoms with Gasteiger partial charge in [-0.05, 0) is 19.1 Å². The molecule has 0 aliphatic heterocycles. The van der Waals surface area contributed by atoms with E-state index in [0.29, 0.717) is 32.2 Å². The number of halogens is 4. The van der Waals surface area contributed by atoms with Crippen LogP contribution in [0.25, 0.3) is 0 Å². The van der Waals surface area contributed by atoms with Gasteiger partial charge in [-0.3, -0.25) is 4.99 Å². The molecule has 0 fully saturated rings. The number of guanidine groups is 1. The second-order valence-electron chi connectivity index (χ2n) is 5.58. The smallest absolute Gasteiger partial charge is 0.433 e. The maximum Gasteiger partial charge on any atom is 0.433 e. The van der Waals surface area contributed by atoms with Crippen molar-refractivity contribution in [3.8, 4) is 5.75 Å². The monoisotopic (exact) mass is 524 g/mol. The molecule has 0 bridgehead atoms. The van der Waals surface area contributed by atoms with Crippen molar-refractivity contribution >= 4 is 35.9 Å². The minimum atomic E-state index is -4.50. The third-order valence-electron chi connectivity index (χ3n) is 3.59. The summed E-state index contributed by atoms with van der Waals surface area (Å²) in [6.45, 7) is 3.74. The summed E-state index contributed by atoms with van der Waals surface area (Å²) in [7, 11) is 1.63. The molecule has 160 valence electrons. The third-order valence-corrected chi connectivity index (χ3v) is 3.59. The summed E-state index contributed by atoms with van der Waals surface area (Å²) in [4.78, 5) is 11.3. The zero-order valence-corrected chi connectivity index (χ0v) is 18.4. The van der Waals surface area contributed by atoms with Crippen molar-refractivity contribution in [2.75, 3.05) is 32.1 Å². The number of ether oxygens (including phenoxy) is 1. The number of hydrogen-bond acceptors (Lipinski definition) is 5. The maximum absolute atomic E-state index is 12.6. The molecule has 7 nitrogen and oxygen atoms in total. The fourth-order valence-corrected chi connectivity index (χ4v) is 2.30. The molecular formula is C18H24F3IN6O.